The monoisotopic (exact) mass is 285 g/mol. The van der Waals surface area contributed by atoms with Crippen molar-refractivity contribution in [3.8, 4) is 0 Å². The zero-order chi connectivity index (χ0) is 12.1. The number of rotatable bonds is 4. The van der Waals surface area contributed by atoms with Gasteiger partial charge >= 0.3 is 0 Å². The Labute approximate surface area is 104 Å². The number of aryl methyl sites for hydroxylation is 1. The maximum atomic E-state index is 11.3. The van der Waals surface area contributed by atoms with Crippen LogP contribution in [-0.4, -0.2) is 31.0 Å². The number of carbonyl (C=O) groups is 1. The Morgan fingerprint density at radius 3 is 2.75 bits per heavy atom. The van der Waals surface area contributed by atoms with Gasteiger partial charge in [-0.15, -0.1) is 0 Å². The molecule has 4 nitrogen and oxygen atoms in total. The summed E-state index contributed by atoms with van der Waals surface area (Å²) in [6.45, 7) is 5.02. The molecule has 0 aliphatic carbocycles. The van der Waals surface area contributed by atoms with Crippen LogP contribution in [-0.2, 0) is 4.79 Å². The van der Waals surface area contributed by atoms with Gasteiger partial charge in [-0.05, 0) is 41.9 Å². The SMILES string of the molecule is CCN(CC(=O)NC)c1ccc(Br)c(C)n1. The lowest BCUT2D eigenvalue weighted by Gasteiger charge is -2.21. The molecule has 0 aliphatic heterocycles. The van der Waals surface area contributed by atoms with Gasteiger partial charge in [0.15, 0.2) is 0 Å². The number of aromatic nitrogens is 1. The minimum absolute atomic E-state index is 0.00998. The maximum Gasteiger partial charge on any atom is 0.239 e. The smallest absolute Gasteiger partial charge is 0.239 e. The van der Waals surface area contributed by atoms with E-state index in [-0.39, 0.29) is 5.91 Å². The molecule has 1 rings (SSSR count). The second-order valence-corrected chi connectivity index (χ2v) is 4.28. The van der Waals surface area contributed by atoms with Crippen molar-refractivity contribution in [3.05, 3.63) is 22.3 Å². The lowest BCUT2D eigenvalue weighted by atomic mass is 10.3. The predicted molar refractivity (Wildman–Crippen MR) is 68.6 cm³/mol. The van der Waals surface area contributed by atoms with Crippen LogP contribution in [0.3, 0.4) is 0 Å². The second-order valence-electron chi connectivity index (χ2n) is 3.42. The Balaban J connectivity index is 2.86. The largest absolute Gasteiger partial charge is 0.358 e. The van der Waals surface area contributed by atoms with E-state index in [0.29, 0.717) is 6.54 Å². The molecule has 1 amide bonds. The third kappa shape index (κ3) is 3.20. The van der Waals surface area contributed by atoms with Crippen LogP contribution in [0.4, 0.5) is 5.82 Å². The van der Waals surface area contributed by atoms with Crippen molar-refractivity contribution < 1.29 is 4.79 Å². The molecule has 1 N–H and O–H groups in total. The Kier molecular flexibility index (Phi) is 4.73. The highest BCUT2D eigenvalue weighted by Crippen LogP contribution is 2.18. The zero-order valence-electron chi connectivity index (χ0n) is 9.75. The van der Waals surface area contributed by atoms with Crippen LogP contribution in [0.15, 0.2) is 16.6 Å². The van der Waals surface area contributed by atoms with Gasteiger partial charge in [-0.2, -0.15) is 0 Å². The molecule has 0 radical (unpaired) electrons. The minimum atomic E-state index is -0.00998. The summed E-state index contributed by atoms with van der Waals surface area (Å²) in [5, 5.41) is 2.61. The predicted octanol–water partition coefficient (Wildman–Crippen LogP) is 1.72. The average molecular weight is 286 g/mol. The van der Waals surface area contributed by atoms with Gasteiger partial charge in [-0.3, -0.25) is 4.79 Å². The van der Waals surface area contributed by atoms with Crippen molar-refractivity contribution >= 4 is 27.7 Å². The van der Waals surface area contributed by atoms with Crippen molar-refractivity contribution in [2.24, 2.45) is 0 Å². The first-order valence-electron chi connectivity index (χ1n) is 5.17. The topological polar surface area (TPSA) is 45.2 Å². The van der Waals surface area contributed by atoms with Crippen molar-refractivity contribution in [2.45, 2.75) is 13.8 Å². The van der Waals surface area contributed by atoms with Gasteiger partial charge in [-0.1, -0.05) is 0 Å². The van der Waals surface area contributed by atoms with Gasteiger partial charge in [0.25, 0.3) is 0 Å². The fraction of sp³-hybridized carbons (Fsp3) is 0.455. The number of halogens is 1. The Morgan fingerprint density at radius 1 is 1.56 bits per heavy atom. The minimum Gasteiger partial charge on any atom is -0.358 e. The van der Waals surface area contributed by atoms with E-state index < -0.39 is 0 Å². The normalized spacial score (nSPS) is 10.0. The first kappa shape index (κ1) is 13.0. The van der Waals surface area contributed by atoms with E-state index in [1.807, 2.05) is 30.9 Å². The molecule has 16 heavy (non-hydrogen) atoms. The van der Waals surface area contributed by atoms with Crippen LogP contribution < -0.4 is 10.2 Å². The van der Waals surface area contributed by atoms with Crippen LogP contribution in [0.2, 0.25) is 0 Å². The lowest BCUT2D eigenvalue weighted by molar-refractivity contribution is -0.119. The summed E-state index contributed by atoms with van der Waals surface area (Å²) in [4.78, 5) is 17.7. The van der Waals surface area contributed by atoms with Gasteiger partial charge in [0.1, 0.15) is 5.82 Å². The molecular weight excluding hydrogens is 270 g/mol. The molecule has 1 aromatic rings. The number of anilines is 1. The number of likely N-dealkylation sites (N-methyl/N-ethyl adjacent to an activating group) is 2. The van der Waals surface area contributed by atoms with Gasteiger partial charge < -0.3 is 10.2 Å². The molecule has 0 aliphatic rings. The Hall–Kier alpha value is -1.10. The first-order valence-corrected chi connectivity index (χ1v) is 5.96. The fourth-order valence-electron chi connectivity index (χ4n) is 1.31. The van der Waals surface area contributed by atoms with Crippen LogP contribution in [0, 0.1) is 6.92 Å². The summed E-state index contributed by atoms with van der Waals surface area (Å²) in [6, 6.07) is 3.85. The summed E-state index contributed by atoms with van der Waals surface area (Å²) in [5.74, 6) is 0.816. The molecule has 1 heterocycles. The average Bonchev–Trinajstić information content (AvgIpc) is 2.29. The number of hydrogen-bond acceptors (Lipinski definition) is 3. The Morgan fingerprint density at radius 2 is 2.25 bits per heavy atom. The number of carbonyl (C=O) groups excluding carboxylic acids is 1. The second kappa shape index (κ2) is 5.84. The van der Waals surface area contributed by atoms with Crippen molar-refractivity contribution in [1.29, 1.82) is 0 Å². The number of nitrogens with one attached hydrogen (secondary N) is 1. The summed E-state index contributed by atoms with van der Waals surface area (Å²) in [7, 11) is 1.64. The van der Waals surface area contributed by atoms with Gasteiger partial charge in [0.05, 0.1) is 12.2 Å². The van der Waals surface area contributed by atoms with E-state index in [1.165, 1.54) is 0 Å². The molecule has 1 aromatic heterocycles. The first-order chi connectivity index (χ1) is 7.58. The molecule has 0 spiro atoms. The summed E-state index contributed by atoms with van der Waals surface area (Å²) < 4.78 is 0.979. The number of nitrogens with zero attached hydrogens (tertiary/aromatic N) is 2. The molecule has 88 valence electrons. The van der Waals surface area contributed by atoms with Crippen LogP contribution in [0.5, 0.6) is 0 Å². The van der Waals surface area contributed by atoms with Crippen molar-refractivity contribution in [3.63, 3.8) is 0 Å². The summed E-state index contributed by atoms with van der Waals surface area (Å²) in [5.41, 5.74) is 0.924. The van der Waals surface area contributed by atoms with E-state index in [4.69, 9.17) is 0 Å². The van der Waals surface area contributed by atoms with E-state index >= 15 is 0 Å². The van der Waals surface area contributed by atoms with Gasteiger partial charge in [0, 0.05) is 18.1 Å². The van der Waals surface area contributed by atoms with E-state index in [1.54, 1.807) is 7.05 Å². The quantitative estimate of drug-likeness (QED) is 0.916. The molecule has 0 bridgehead atoms. The van der Waals surface area contributed by atoms with E-state index in [9.17, 15) is 4.79 Å². The molecule has 0 unspecified atom stereocenters. The third-order valence-corrected chi connectivity index (χ3v) is 3.16. The van der Waals surface area contributed by atoms with Crippen LogP contribution in [0.1, 0.15) is 12.6 Å². The molecule has 0 saturated heterocycles. The van der Waals surface area contributed by atoms with Crippen molar-refractivity contribution in [1.82, 2.24) is 10.3 Å². The summed E-state index contributed by atoms with van der Waals surface area (Å²) in [6.07, 6.45) is 0. The fourth-order valence-corrected chi connectivity index (χ4v) is 1.53. The zero-order valence-corrected chi connectivity index (χ0v) is 11.3. The highest BCUT2D eigenvalue weighted by Gasteiger charge is 2.10. The number of hydrogen-bond donors (Lipinski definition) is 1. The molecular formula is C11H16BrN3O. The van der Waals surface area contributed by atoms with E-state index in [0.717, 1.165) is 22.5 Å². The number of amides is 1. The molecule has 5 heteroatoms. The third-order valence-electron chi connectivity index (χ3n) is 2.33. The highest BCUT2D eigenvalue weighted by atomic mass is 79.9. The maximum absolute atomic E-state index is 11.3. The molecule has 0 atom stereocenters. The lowest BCUT2D eigenvalue weighted by Crippen LogP contribution is -2.36. The highest BCUT2D eigenvalue weighted by molar-refractivity contribution is 9.10. The number of pyridine rings is 1. The van der Waals surface area contributed by atoms with Crippen molar-refractivity contribution in [2.75, 3.05) is 25.0 Å². The van der Waals surface area contributed by atoms with Crippen LogP contribution >= 0.6 is 15.9 Å². The standard InChI is InChI=1S/C11H16BrN3O/c1-4-15(7-11(16)13-3)10-6-5-9(12)8(2)14-10/h5-6H,4,7H2,1-3H3,(H,13,16). The van der Waals surface area contributed by atoms with E-state index in [2.05, 4.69) is 26.2 Å². The van der Waals surface area contributed by atoms with Gasteiger partial charge in [-0.25, -0.2) is 4.98 Å². The summed E-state index contributed by atoms with van der Waals surface area (Å²) >= 11 is 3.40. The molecule has 0 saturated carbocycles. The molecule has 0 aromatic carbocycles. The Bertz CT molecular complexity index is 381. The van der Waals surface area contributed by atoms with Crippen LogP contribution in [0.25, 0.3) is 0 Å². The van der Waals surface area contributed by atoms with Gasteiger partial charge in [0.2, 0.25) is 5.91 Å². The molecule has 0 fully saturated rings.